The Hall–Kier alpha value is -2.87. The van der Waals surface area contributed by atoms with E-state index in [2.05, 4.69) is 34.3 Å². The second kappa shape index (κ2) is 8.65. The van der Waals surface area contributed by atoms with E-state index in [0.29, 0.717) is 18.0 Å². The number of piperidine rings is 1. The lowest BCUT2D eigenvalue weighted by Crippen LogP contribution is -2.28. The first-order valence-corrected chi connectivity index (χ1v) is 10.3. The van der Waals surface area contributed by atoms with Gasteiger partial charge in [-0.15, -0.1) is 0 Å². The van der Waals surface area contributed by atoms with Crippen molar-refractivity contribution in [1.82, 2.24) is 24.5 Å². The molecular formula is C21H28N6O2. The third-order valence-electron chi connectivity index (χ3n) is 5.44. The van der Waals surface area contributed by atoms with Crippen molar-refractivity contribution in [3.8, 4) is 0 Å². The van der Waals surface area contributed by atoms with Crippen LogP contribution < -0.4 is 5.32 Å². The zero-order valence-corrected chi connectivity index (χ0v) is 17.1. The van der Waals surface area contributed by atoms with Gasteiger partial charge in [-0.3, -0.25) is 19.1 Å². The molecule has 154 valence electrons. The van der Waals surface area contributed by atoms with Crippen LogP contribution in [0.5, 0.6) is 0 Å². The van der Waals surface area contributed by atoms with Crippen LogP contribution in [0.15, 0.2) is 35.1 Å². The second-order valence-corrected chi connectivity index (χ2v) is 7.55. The van der Waals surface area contributed by atoms with E-state index in [1.807, 2.05) is 23.1 Å². The number of aryl methyl sites for hydroxylation is 1. The quantitative estimate of drug-likeness (QED) is 0.663. The topological polar surface area (TPSA) is 81.1 Å². The van der Waals surface area contributed by atoms with Crippen LogP contribution >= 0.6 is 0 Å². The van der Waals surface area contributed by atoms with Gasteiger partial charge in [-0.25, -0.2) is 0 Å². The van der Waals surface area contributed by atoms with E-state index in [9.17, 15) is 4.79 Å². The van der Waals surface area contributed by atoms with Crippen molar-refractivity contribution in [2.75, 3.05) is 18.4 Å². The van der Waals surface area contributed by atoms with E-state index in [1.165, 1.54) is 19.3 Å². The van der Waals surface area contributed by atoms with Crippen LogP contribution in [0.25, 0.3) is 0 Å². The zero-order chi connectivity index (χ0) is 20.2. The number of likely N-dealkylation sites (tertiary alicyclic amines) is 1. The first kappa shape index (κ1) is 19.4. The van der Waals surface area contributed by atoms with Gasteiger partial charge in [0.15, 0.2) is 5.76 Å². The molecule has 1 saturated heterocycles. The fourth-order valence-electron chi connectivity index (χ4n) is 3.76. The Morgan fingerprint density at radius 2 is 1.97 bits per heavy atom. The Bertz CT molecular complexity index is 964. The zero-order valence-electron chi connectivity index (χ0n) is 17.1. The number of carbonyl (C=O) groups excluding carboxylic acids is 1. The summed E-state index contributed by atoms with van der Waals surface area (Å²) in [6.07, 6.45) is 9.10. The third-order valence-corrected chi connectivity index (χ3v) is 5.44. The lowest BCUT2D eigenvalue weighted by molar-refractivity contribution is 0.0992. The molecule has 1 aliphatic heterocycles. The molecule has 4 rings (SSSR count). The molecule has 3 aromatic rings. The number of nitrogens with one attached hydrogen (secondary N) is 1. The highest BCUT2D eigenvalue weighted by Gasteiger charge is 2.16. The third kappa shape index (κ3) is 4.59. The molecule has 0 spiro atoms. The lowest BCUT2D eigenvalue weighted by Gasteiger charge is -2.25. The maximum absolute atomic E-state index is 12.5. The summed E-state index contributed by atoms with van der Waals surface area (Å²) in [6, 6.07) is 3.63. The van der Waals surface area contributed by atoms with Gasteiger partial charge in [-0.2, -0.15) is 10.2 Å². The lowest BCUT2D eigenvalue weighted by atomic mass is 10.1. The number of anilines is 1. The summed E-state index contributed by atoms with van der Waals surface area (Å²) in [4.78, 5) is 14.9. The van der Waals surface area contributed by atoms with Gasteiger partial charge < -0.3 is 9.73 Å². The van der Waals surface area contributed by atoms with Crippen LogP contribution in [-0.2, 0) is 19.6 Å². The Morgan fingerprint density at radius 1 is 1.14 bits per heavy atom. The van der Waals surface area contributed by atoms with E-state index >= 15 is 0 Å². The van der Waals surface area contributed by atoms with Gasteiger partial charge in [0.05, 0.1) is 31.2 Å². The van der Waals surface area contributed by atoms with Crippen LogP contribution in [-0.4, -0.2) is 43.5 Å². The van der Waals surface area contributed by atoms with Crippen molar-refractivity contribution in [2.24, 2.45) is 0 Å². The average Bonchev–Trinajstić information content (AvgIpc) is 3.45. The summed E-state index contributed by atoms with van der Waals surface area (Å²) in [5.74, 6) is 0.894. The Morgan fingerprint density at radius 3 is 2.72 bits per heavy atom. The molecule has 0 unspecified atom stereocenters. The number of amides is 1. The summed E-state index contributed by atoms with van der Waals surface area (Å²) in [6.45, 7) is 8.53. The monoisotopic (exact) mass is 396 g/mol. The Balaban J connectivity index is 1.34. The highest BCUT2D eigenvalue weighted by molar-refractivity contribution is 6.02. The molecule has 0 atom stereocenters. The predicted molar refractivity (Wildman–Crippen MR) is 110 cm³/mol. The summed E-state index contributed by atoms with van der Waals surface area (Å²) < 4.78 is 9.52. The van der Waals surface area contributed by atoms with E-state index in [0.717, 1.165) is 43.2 Å². The van der Waals surface area contributed by atoms with Crippen LogP contribution in [0.4, 0.5) is 5.69 Å². The van der Waals surface area contributed by atoms with E-state index < -0.39 is 0 Å². The molecule has 0 aliphatic carbocycles. The van der Waals surface area contributed by atoms with Crippen molar-refractivity contribution < 1.29 is 9.21 Å². The molecule has 4 heterocycles. The molecule has 3 aromatic heterocycles. The molecule has 0 saturated carbocycles. The number of rotatable bonds is 7. The van der Waals surface area contributed by atoms with Gasteiger partial charge >= 0.3 is 0 Å². The fraction of sp³-hybridized carbons (Fsp3) is 0.476. The predicted octanol–water partition coefficient (Wildman–Crippen LogP) is 3.29. The maximum atomic E-state index is 12.5. The van der Waals surface area contributed by atoms with E-state index in [4.69, 9.17) is 4.42 Å². The highest BCUT2D eigenvalue weighted by atomic mass is 16.4. The van der Waals surface area contributed by atoms with Gasteiger partial charge in [0, 0.05) is 24.0 Å². The minimum Gasteiger partial charge on any atom is -0.455 e. The van der Waals surface area contributed by atoms with Crippen LogP contribution in [0.3, 0.4) is 0 Å². The van der Waals surface area contributed by atoms with Gasteiger partial charge in [-0.1, -0.05) is 6.42 Å². The maximum Gasteiger partial charge on any atom is 0.291 e. The molecule has 0 aromatic carbocycles. The smallest absolute Gasteiger partial charge is 0.291 e. The summed E-state index contributed by atoms with van der Waals surface area (Å²) in [5, 5.41) is 11.6. The van der Waals surface area contributed by atoms with Gasteiger partial charge in [0.25, 0.3) is 5.91 Å². The minimum absolute atomic E-state index is 0.260. The number of hydrogen-bond acceptors (Lipinski definition) is 5. The number of furan rings is 1. The molecule has 0 radical (unpaired) electrons. The molecule has 8 heteroatoms. The number of nitrogens with zero attached hydrogens (tertiary/aromatic N) is 5. The summed E-state index contributed by atoms with van der Waals surface area (Å²) in [7, 11) is 0. The molecule has 8 nitrogen and oxygen atoms in total. The average molecular weight is 396 g/mol. The van der Waals surface area contributed by atoms with Crippen molar-refractivity contribution >= 4 is 11.6 Å². The largest absolute Gasteiger partial charge is 0.455 e. The molecule has 0 bridgehead atoms. The Kier molecular flexibility index (Phi) is 5.80. The molecular weight excluding hydrogens is 368 g/mol. The highest BCUT2D eigenvalue weighted by Crippen LogP contribution is 2.17. The first-order chi connectivity index (χ1) is 14.1. The van der Waals surface area contributed by atoms with Gasteiger partial charge in [0.2, 0.25) is 0 Å². The molecule has 1 N–H and O–H groups in total. The van der Waals surface area contributed by atoms with Gasteiger partial charge in [0.1, 0.15) is 5.76 Å². The van der Waals surface area contributed by atoms with Crippen LogP contribution in [0.1, 0.15) is 53.8 Å². The SMILES string of the molecule is CCn1ncc(Cn2cc(NC(=O)c3ccc(CN4CCCCC4)o3)cn2)c1C. The van der Waals surface area contributed by atoms with Crippen molar-refractivity contribution in [3.05, 3.63) is 53.5 Å². The van der Waals surface area contributed by atoms with Crippen LogP contribution in [0, 0.1) is 6.92 Å². The standard InChI is InChI=1S/C21H28N6O2/c1-3-27-16(2)17(11-23-27)13-26-14-18(12-22-26)24-21(28)20-8-7-19(29-20)15-25-9-5-4-6-10-25/h7-8,11-12,14H,3-6,9-10,13,15H2,1-2H3,(H,24,28). The Labute approximate surface area is 170 Å². The van der Waals surface area contributed by atoms with Crippen molar-refractivity contribution in [1.29, 1.82) is 0 Å². The molecule has 29 heavy (non-hydrogen) atoms. The number of hydrogen-bond donors (Lipinski definition) is 1. The fourth-order valence-corrected chi connectivity index (χ4v) is 3.76. The van der Waals surface area contributed by atoms with Gasteiger partial charge in [-0.05, 0) is 51.9 Å². The minimum atomic E-state index is -0.260. The summed E-state index contributed by atoms with van der Waals surface area (Å²) >= 11 is 0. The number of carbonyl (C=O) groups is 1. The van der Waals surface area contributed by atoms with Crippen molar-refractivity contribution in [3.63, 3.8) is 0 Å². The second-order valence-electron chi connectivity index (χ2n) is 7.55. The number of aromatic nitrogens is 4. The van der Waals surface area contributed by atoms with Crippen molar-refractivity contribution in [2.45, 2.75) is 52.7 Å². The normalized spacial score (nSPS) is 15.0. The van der Waals surface area contributed by atoms with Crippen LogP contribution in [0.2, 0.25) is 0 Å². The molecule has 1 aliphatic rings. The first-order valence-electron chi connectivity index (χ1n) is 10.3. The molecule has 1 amide bonds. The van der Waals surface area contributed by atoms with E-state index in [-0.39, 0.29) is 5.91 Å². The molecule has 1 fully saturated rings. The summed E-state index contributed by atoms with van der Waals surface area (Å²) in [5.41, 5.74) is 2.89. The van der Waals surface area contributed by atoms with E-state index in [1.54, 1.807) is 16.9 Å².